The minimum atomic E-state index is 0.722. The normalized spacial score (nSPS) is 11.2. The van der Waals surface area contributed by atoms with Crippen LogP contribution in [0.2, 0.25) is 5.02 Å². The minimum absolute atomic E-state index is 0.722. The molecule has 3 nitrogen and oxygen atoms in total. The number of aryl methyl sites for hydroxylation is 2. The van der Waals surface area contributed by atoms with E-state index in [-0.39, 0.29) is 0 Å². The van der Waals surface area contributed by atoms with Crippen LogP contribution in [0.1, 0.15) is 5.01 Å². The Labute approximate surface area is 118 Å². The van der Waals surface area contributed by atoms with E-state index in [4.69, 9.17) is 23.8 Å². The lowest BCUT2D eigenvalue weighted by atomic mass is 10.3. The third-order valence-electron chi connectivity index (χ3n) is 2.77. The van der Waals surface area contributed by atoms with Crippen LogP contribution in [0.3, 0.4) is 0 Å². The van der Waals surface area contributed by atoms with E-state index in [1.807, 2.05) is 29.8 Å². The van der Waals surface area contributed by atoms with Crippen LogP contribution in [0.4, 0.5) is 0 Å². The van der Waals surface area contributed by atoms with Gasteiger partial charge in [0.25, 0.3) is 0 Å². The predicted molar refractivity (Wildman–Crippen MR) is 78.0 cm³/mol. The molecule has 0 amide bonds. The smallest absolute Gasteiger partial charge is 0.178 e. The molecule has 0 spiro atoms. The third-order valence-corrected chi connectivity index (χ3v) is 4.17. The highest BCUT2D eigenvalue weighted by atomic mass is 35.5. The lowest BCUT2D eigenvalue weighted by molar-refractivity contribution is 0.703. The van der Waals surface area contributed by atoms with Crippen LogP contribution in [0.15, 0.2) is 29.8 Å². The Morgan fingerprint density at radius 2 is 2.33 bits per heavy atom. The average molecular weight is 296 g/mol. The van der Waals surface area contributed by atoms with E-state index in [0.717, 1.165) is 38.8 Å². The number of thiazole rings is 1. The second-order valence-electron chi connectivity index (χ2n) is 3.92. The predicted octanol–water partition coefficient (Wildman–Crippen LogP) is 4.05. The monoisotopic (exact) mass is 295 g/mol. The highest BCUT2D eigenvalue weighted by Crippen LogP contribution is 2.20. The first kappa shape index (κ1) is 11.9. The van der Waals surface area contributed by atoms with E-state index in [1.165, 1.54) is 0 Å². The van der Waals surface area contributed by atoms with Crippen molar-refractivity contribution >= 4 is 46.2 Å². The molecule has 0 aliphatic carbocycles. The van der Waals surface area contributed by atoms with Crippen molar-refractivity contribution < 1.29 is 0 Å². The maximum atomic E-state index is 6.03. The maximum Gasteiger partial charge on any atom is 0.178 e. The summed E-state index contributed by atoms with van der Waals surface area (Å²) in [4.78, 5) is 7.46. The van der Waals surface area contributed by atoms with E-state index in [1.54, 1.807) is 11.3 Å². The summed E-state index contributed by atoms with van der Waals surface area (Å²) in [5.41, 5.74) is 2.06. The van der Waals surface area contributed by atoms with E-state index in [9.17, 15) is 0 Å². The molecule has 18 heavy (non-hydrogen) atoms. The van der Waals surface area contributed by atoms with E-state index < -0.39 is 0 Å². The van der Waals surface area contributed by atoms with Crippen LogP contribution in [0, 0.1) is 4.77 Å². The summed E-state index contributed by atoms with van der Waals surface area (Å²) < 4.78 is 2.79. The Morgan fingerprint density at radius 3 is 3.11 bits per heavy atom. The molecule has 0 saturated heterocycles. The lowest BCUT2D eigenvalue weighted by Crippen LogP contribution is -2.01. The molecule has 1 N–H and O–H groups in total. The number of hydrogen-bond donors (Lipinski definition) is 1. The van der Waals surface area contributed by atoms with Crippen molar-refractivity contribution in [1.82, 2.24) is 14.5 Å². The minimum Gasteiger partial charge on any atom is -0.331 e. The highest BCUT2D eigenvalue weighted by Gasteiger charge is 2.05. The van der Waals surface area contributed by atoms with Crippen LogP contribution in [0.25, 0.3) is 11.0 Å². The molecule has 0 unspecified atom stereocenters. The highest BCUT2D eigenvalue weighted by molar-refractivity contribution is 7.71. The zero-order valence-electron chi connectivity index (χ0n) is 9.39. The average Bonchev–Trinajstić information content (AvgIpc) is 2.94. The summed E-state index contributed by atoms with van der Waals surface area (Å²) in [5.74, 6) is 0. The van der Waals surface area contributed by atoms with Crippen molar-refractivity contribution in [3.05, 3.63) is 44.6 Å². The molecule has 0 aliphatic rings. The number of benzene rings is 1. The van der Waals surface area contributed by atoms with Crippen molar-refractivity contribution in [2.45, 2.75) is 13.0 Å². The summed E-state index contributed by atoms with van der Waals surface area (Å²) in [6.45, 7) is 0.812. The second kappa shape index (κ2) is 4.84. The fraction of sp³-hybridized carbons (Fsp3) is 0.167. The van der Waals surface area contributed by atoms with Crippen molar-refractivity contribution in [1.29, 1.82) is 0 Å². The van der Waals surface area contributed by atoms with Crippen LogP contribution in [0.5, 0.6) is 0 Å². The Kier molecular flexibility index (Phi) is 3.20. The summed E-state index contributed by atoms with van der Waals surface area (Å²) in [5, 5.41) is 3.83. The molecule has 0 bridgehead atoms. The SMILES string of the molecule is S=c1[nH]c2ccc(Cl)cc2n1CCc1nccs1. The zero-order chi connectivity index (χ0) is 12.5. The third kappa shape index (κ3) is 2.21. The van der Waals surface area contributed by atoms with Gasteiger partial charge in [0, 0.05) is 29.6 Å². The zero-order valence-corrected chi connectivity index (χ0v) is 11.8. The van der Waals surface area contributed by atoms with E-state index in [2.05, 4.69) is 14.5 Å². The fourth-order valence-electron chi connectivity index (χ4n) is 1.93. The van der Waals surface area contributed by atoms with Gasteiger partial charge in [-0.05, 0) is 30.4 Å². The van der Waals surface area contributed by atoms with Gasteiger partial charge in [-0.3, -0.25) is 0 Å². The number of fused-ring (bicyclic) bond motifs is 1. The molecule has 3 rings (SSSR count). The molecule has 3 aromatic rings. The van der Waals surface area contributed by atoms with Crippen molar-refractivity contribution in [2.75, 3.05) is 0 Å². The van der Waals surface area contributed by atoms with Gasteiger partial charge in [-0.1, -0.05) is 11.6 Å². The number of aromatic amines is 1. The van der Waals surface area contributed by atoms with Gasteiger partial charge in [0.15, 0.2) is 4.77 Å². The van der Waals surface area contributed by atoms with Gasteiger partial charge in [0.05, 0.1) is 16.0 Å². The van der Waals surface area contributed by atoms with Gasteiger partial charge in [-0.2, -0.15) is 0 Å². The number of H-pyrrole nitrogens is 1. The van der Waals surface area contributed by atoms with Gasteiger partial charge in [0.1, 0.15) is 0 Å². The number of hydrogen-bond acceptors (Lipinski definition) is 3. The maximum absolute atomic E-state index is 6.03. The Balaban J connectivity index is 1.98. The molecule has 2 heterocycles. The summed E-state index contributed by atoms with van der Waals surface area (Å²) in [6.07, 6.45) is 2.71. The molecule has 0 fully saturated rings. The van der Waals surface area contributed by atoms with Gasteiger partial charge < -0.3 is 9.55 Å². The quantitative estimate of drug-likeness (QED) is 0.740. The molecule has 0 radical (unpaired) electrons. The number of nitrogens with zero attached hydrogens (tertiary/aromatic N) is 2. The summed E-state index contributed by atoms with van der Waals surface area (Å²) in [7, 11) is 0. The summed E-state index contributed by atoms with van der Waals surface area (Å²) in [6, 6.07) is 5.75. The van der Waals surface area contributed by atoms with Gasteiger partial charge in [-0.25, -0.2) is 4.98 Å². The van der Waals surface area contributed by atoms with Crippen molar-refractivity contribution in [3.8, 4) is 0 Å². The topological polar surface area (TPSA) is 33.6 Å². The molecule has 0 saturated carbocycles. The molecule has 92 valence electrons. The number of aromatic nitrogens is 3. The Bertz CT molecular complexity index is 727. The van der Waals surface area contributed by atoms with Gasteiger partial charge >= 0.3 is 0 Å². The van der Waals surface area contributed by atoms with Gasteiger partial charge in [-0.15, -0.1) is 11.3 Å². The van der Waals surface area contributed by atoms with E-state index >= 15 is 0 Å². The first-order valence-electron chi connectivity index (χ1n) is 5.50. The van der Waals surface area contributed by atoms with E-state index in [0.29, 0.717) is 0 Å². The Hall–Kier alpha value is -1.17. The van der Waals surface area contributed by atoms with Gasteiger partial charge in [0.2, 0.25) is 0 Å². The molecular weight excluding hydrogens is 286 g/mol. The van der Waals surface area contributed by atoms with Crippen LogP contribution in [-0.4, -0.2) is 14.5 Å². The number of halogens is 1. The van der Waals surface area contributed by atoms with Crippen molar-refractivity contribution in [2.24, 2.45) is 0 Å². The van der Waals surface area contributed by atoms with Crippen LogP contribution < -0.4 is 0 Å². The van der Waals surface area contributed by atoms with Crippen LogP contribution in [-0.2, 0) is 13.0 Å². The fourth-order valence-corrected chi connectivity index (χ4v) is 3.01. The Morgan fingerprint density at radius 1 is 1.44 bits per heavy atom. The first-order chi connectivity index (χ1) is 8.74. The molecule has 6 heteroatoms. The number of nitrogens with one attached hydrogen (secondary N) is 1. The molecular formula is C12H10ClN3S2. The molecule has 1 aromatic carbocycles. The molecule has 2 aromatic heterocycles. The van der Waals surface area contributed by atoms with Crippen LogP contribution >= 0.6 is 35.2 Å². The first-order valence-corrected chi connectivity index (χ1v) is 7.17. The largest absolute Gasteiger partial charge is 0.331 e. The van der Waals surface area contributed by atoms with Crippen molar-refractivity contribution in [3.63, 3.8) is 0 Å². The molecule has 0 atom stereocenters. The molecule has 0 aliphatic heterocycles. The number of rotatable bonds is 3. The lowest BCUT2D eigenvalue weighted by Gasteiger charge is -2.02. The summed E-state index contributed by atoms with van der Waals surface area (Å²) >= 11 is 13.0. The number of imidazole rings is 1. The second-order valence-corrected chi connectivity index (χ2v) is 5.72. The standard InChI is InChI=1S/C12H10ClN3S2/c13-8-1-2-9-10(7-8)16(12(17)15-9)5-3-11-14-4-6-18-11/h1-2,4,6-7H,3,5H2,(H,15,17).